The highest BCUT2D eigenvalue weighted by molar-refractivity contribution is 5.92. The highest BCUT2D eigenvalue weighted by Crippen LogP contribution is 2.36. The van der Waals surface area contributed by atoms with Crippen molar-refractivity contribution >= 4 is 23.5 Å². The van der Waals surface area contributed by atoms with Crippen molar-refractivity contribution in [2.75, 3.05) is 12.4 Å². The van der Waals surface area contributed by atoms with E-state index in [0.717, 1.165) is 12.1 Å². The molecule has 4 amide bonds. The van der Waals surface area contributed by atoms with Crippen LogP contribution in [0.3, 0.4) is 0 Å². The largest absolute Gasteiger partial charge is 0.476 e. The van der Waals surface area contributed by atoms with Crippen molar-refractivity contribution in [3.05, 3.63) is 77.6 Å². The predicted molar refractivity (Wildman–Crippen MR) is 135 cm³/mol. The molecule has 3 aromatic rings. The molecule has 0 saturated heterocycles. The van der Waals surface area contributed by atoms with Crippen LogP contribution in [0.4, 0.5) is 23.7 Å². The molecule has 0 radical (unpaired) electrons. The van der Waals surface area contributed by atoms with E-state index in [-0.39, 0.29) is 29.6 Å². The summed E-state index contributed by atoms with van der Waals surface area (Å²) in [6, 6.07) is 11.3. The molecule has 0 atom stereocenters. The zero-order chi connectivity index (χ0) is 28.8. The zero-order valence-corrected chi connectivity index (χ0v) is 21.2. The standard InChI is InChI=1S/C26H26F3N5O5/c1-25(2,23(30)36)39-21-9-6-16(26(27,28)29)12-19(21)34-24(37)33-14-15-4-7-17(8-5-15)38-18-10-11-32-20(13-18)22(35)31-3/h4-13H,14H2,1-3H3,(H2,30,36)(H,31,35)(H2,33,34,37). The number of rotatable bonds is 9. The van der Waals surface area contributed by atoms with Gasteiger partial charge in [0.25, 0.3) is 11.8 Å². The minimum atomic E-state index is -4.67. The number of anilines is 1. The van der Waals surface area contributed by atoms with Crippen LogP contribution in [0.25, 0.3) is 0 Å². The van der Waals surface area contributed by atoms with E-state index in [1.54, 1.807) is 30.3 Å². The fraction of sp³-hybridized carbons (Fsp3) is 0.231. The quantitative estimate of drug-likeness (QED) is 0.317. The summed E-state index contributed by atoms with van der Waals surface area (Å²) < 4.78 is 50.9. The summed E-state index contributed by atoms with van der Waals surface area (Å²) >= 11 is 0. The van der Waals surface area contributed by atoms with Gasteiger partial charge in [0.1, 0.15) is 22.9 Å². The summed E-state index contributed by atoms with van der Waals surface area (Å²) in [4.78, 5) is 39.8. The van der Waals surface area contributed by atoms with Crippen LogP contribution >= 0.6 is 0 Å². The summed E-state index contributed by atoms with van der Waals surface area (Å²) in [7, 11) is 1.49. The number of primary amides is 1. The number of benzene rings is 2. The molecule has 0 fully saturated rings. The lowest BCUT2D eigenvalue weighted by Gasteiger charge is -2.25. The maximum absolute atomic E-state index is 13.2. The Balaban J connectivity index is 1.66. The Hall–Kier alpha value is -4.81. The van der Waals surface area contributed by atoms with E-state index < -0.39 is 29.3 Å². The van der Waals surface area contributed by atoms with Gasteiger partial charge in [0.05, 0.1) is 11.3 Å². The molecule has 39 heavy (non-hydrogen) atoms. The van der Waals surface area contributed by atoms with Gasteiger partial charge in [0.15, 0.2) is 5.60 Å². The molecule has 5 N–H and O–H groups in total. The number of alkyl halides is 3. The van der Waals surface area contributed by atoms with Crippen molar-refractivity contribution in [3.63, 3.8) is 0 Å². The number of nitrogens with two attached hydrogens (primary N) is 1. The van der Waals surface area contributed by atoms with Crippen molar-refractivity contribution in [3.8, 4) is 17.2 Å². The van der Waals surface area contributed by atoms with E-state index in [2.05, 4.69) is 20.9 Å². The van der Waals surface area contributed by atoms with Crippen molar-refractivity contribution in [1.82, 2.24) is 15.6 Å². The minimum absolute atomic E-state index is 0.0319. The third kappa shape index (κ3) is 7.84. The van der Waals surface area contributed by atoms with E-state index in [9.17, 15) is 27.6 Å². The number of carbonyl (C=O) groups is 3. The Kier molecular flexibility index (Phi) is 8.64. The molecule has 13 heteroatoms. The average Bonchev–Trinajstić information content (AvgIpc) is 2.88. The number of nitrogens with one attached hydrogen (secondary N) is 3. The minimum Gasteiger partial charge on any atom is -0.476 e. The van der Waals surface area contributed by atoms with Gasteiger partial charge in [-0.2, -0.15) is 13.2 Å². The molecule has 10 nitrogen and oxygen atoms in total. The first-order valence-corrected chi connectivity index (χ1v) is 11.5. The van der Waals surface area contributed by atoms with Crippen LogP contribution in [-0.2, 0) is 17.5 Å². The molecule has 0 bridgehead atoms. The monoisotopic (exact) mass is 545 g/mol. The van der Waals surface area contributed by atoms with Crippen LogP contribution in [0, 0.1) is 0 Å². The van der Waals surface area contributed by atoms with Gasteiger partial charge in [0.2, 0.25) is 0 Å². The summed E-state index contributed by atoms with van der Waals surface area (Å²) in [6.07, 6.45) is -3.23. The van der Waals surface area contributed by atoms with Gasteiger partial charge in [-0.25, -0.2) is 4.79 Å². The Labute approximate surface area is 221 Å². The zero-order valence-electron chi connectivity index (χ0n) is 21.2. The smallest absolute Gasteiger partial charge is 0.416 e. The topological polar surface area (TPSA) is 145 Å². The van der Waals surface area contributed by atoms with Crippen LogP contribution in [0.5, 0.6) is 17.2 Å². The normalized spacial score (nSPS) is 11.3. The van der Waals surface area contributed by atoms with Crippen LogP contribution < -0.4 is 31.2 Å². The lowest BCUT2D eigenvalue weighted by atomic mass is 10.1. The molecular weight excluding hydrogens is 519 g/mol. The predicted octanol–water partition coefficient (Wildman–Crippen LogP) is 4.22. The van der Waals surface area contributed by atoms with Gasteiger partial charge in [-0.3, -0.25) is 14.6 Å². The Morgan fingerprint density at radius 1 is 0.974 bits per heavy atom. The van der Waals surface area contributed by atoms with Crippen LogP contribution in [0.15, 0.2) is 60.8 Å². The van der Waals surface area contributed by atoms with Gasteiger partial charge in [0, 0.05) is 25.9 Å². The van der Waals surface area contributed by atoms with Crippen LogP contribution in [0.1, 0.15) is 35.5 Å². The molecule has 0 aliphatic carbocycles. The van der Waals surface area contributed by atoms with Gasteiger partial charge in [-0.05, 0) is 55.8 Å². The van der Waals surface area contributed by atoms with Gasteiger partial charge in [-0.1, -0.05) is 12.1 Å². The first-order valence-electron chi connectivity index (χ1n) is 11.5. The van der Waals surface area contributed by atoms with Crippen molar-refractivity contribution in [1.29, 1.82) is 0 Å². The number of amides is 4. The second kappa shape index (κ2) is 11.7. The lowest BCUT2D eigenvalue weighted by molar-refractivity contribution is -0.137. The summed E-state index contributed by atoms with van der Waals surface area (Å²) in [5.74, 6) is -0.520. The Morgan fingerprint density at radius 3 is 2.28 bits per heavy atom. The number of aromatic nitrogens is 1. The lowest BCUT2D eigenvalue weighted by Crippen LogP contribution is -2.43. The fourth-order valence-electron chi connectivity index (χ4n) is 3.11. The van der Waals surface area contributed by atoms with Gasteiger partial charge < -0.3 is 31.2 Å². The molecule has 206 valence electrons. The highest BCUT2D eigenvalue weighted by atomic mass is 19.4. The number of halogens is 3. The fourth-order valence-corrected chi connectivity index (χ4v) is 3.11. The molecule has 0 unspecified atom stereocenters. The van der Waals surface area contributed by atoms with E-state index in [1.807, 2.05) is 0 Å². The third-order valence-electron chi connectivity index (χ3n) is 5.32. The Bertz CT molecular complexity index is 1360. The van der Waals surface area contributed by atoms with Crippen molar-refractivity contribution in [2.45, 2.75) is 32.2 Å². The number of urea groups is 1. The molecule has 0 saturated carbocycles. The Morgan fingerprint density at radius 2 is 1.67 bits per heavy atom. The maximum Gasteiger partial charge on any atom is 0.416 e. The second-order valence-electron chi connectivity index (χ2n) is 8.69. The molecule has 1 aromatic heterocycles. The van der Waals surface area contributed by atoms with Crippen LogP contribution in [0.2, 0.25) is 0 Å². The molecule has 1 heterocycles. The van der Waals surface area contributed by atoms with E-state index in [1.165, 1.54) is 33.2 Å². The number of hydrogen-bond acceptors (Lipinski definition) is 6. The van der Waals surface area contributed by atoms with Crippen molar-refractivity contribution < 1.29 is 37.0 Å². The number of ether oxygens (including phenoxy) is 2. The molecule has 0 aliphatic rings. The molecule has 0 aliphatic heterocycles. The summed E-state index contributed by atoms with van der Waals surface area (Å²) in [5, 5.41) is 7.34. The molecule has 3 rings (SSSR count). The highest BCUT2D eigenvalue weighted by Gasteiger charge is 2.33. The SMILES string of the molecule is CNC(=O)c1cc(Oc2ccc(CNC(=O)Nc3cc(C(F)(F)F)ccc3OC(C)(C)C(N)=O)cc2)ccn1. The van der Waals surface area contributed by atoms with Gasteiger partial charge in [-0.15, -0.1) is 0 Å². The first kappa shape index (κ1) is 28.8. The molecule has 2 aromatic carbocycles. The molecule has 0 spiro atoms. The van der Waals surface area contributed by atoms with E-state index in [0.29, 0.717) is 23.1 Å². The van der Waals surface area contributed by atoms with E-state index >= 15 is 0 Å². The number of nitrogens with zero attached hydrogens (tertiary/aromatic N) is 1. The van der Waals surface area contributed by atoms with Crippen molar-refractivity contribution in [2.24, 2.45) is 5.73 Å². The second-order valence-corrected chi connectivity index (χ2v) is 8.69. The number of pyridine rings is 1. The maximum atomic E-state index is 13.2. The summed E-state index contributed by atoms with van der Waals surface area (Å²) in [5.41, 5.74) is 3.28. The van der Waals surface area contributed by atoms with E-state index in [4.69, 9.17) is 15.2 Å². The third-order valence-corrected chi connectivity index (χ3v) is 5.32. The van der Waals surface area contributed by atoms with Gasteiger partial charge >= 0.3 is 12.2 Å². The molecular formula is C26H26F3N5O5. The first-order chi connectivity index (χ1) is 18.3. The number of carbonyl (C=O) groups excluding carboxylic acids is 3. The van der Waals surface area contributed by atoms with Crippen LogP contribution in [-0.4, -0.2) is 35.5 Å². The summed E-state index contributed by atoms with van der Waals surface area (Å²) in [6.45, 7) is 2.73. The average molecular weight is 546 g/mol. The number of hydrogen-bond donors (Lipinski definition) is 4.